The highest BCUT2D eigenvalue weighted by Crippen LogP contribution is 2.30. The molecule has 0 unspecified atom stereocenters. The molecule has 26 heavy (non-hydrogen) atoms. The molecule has 1 aliphatic heterocycles. The zero-order valence-electron chi connectivity index (χ0n) is 15.0. The van der Waals surface area contributed by atoms with E-state index in [1.807, 2.05) is 48.5 Å². The minimum atomic E-state index is 0. The summed E-state index contributed by atoms with van der Waals surface area (Å²) < 4.78 is 5.18. The van der Waals surface area contributed by atoms with Gasteiger partial charge in [-0.1, -0.05) is 11.8 Å². The van der Waals surface area contributed by atoms with E-state index in [4.69, 9.17) is 4.74 Å². The van der Waals surface area contributed by atoms with E-state index in [0.717, 1.165) is 40.6 Å². The summed E-state index contributed by atoms with van der Waals surface area (Å²) in [7, 11) is 1.67. The Kier molecular flexibility index (Phi) is 7.82. The second kappa shape index (κ2) is 9.86. The second-order valence-corrected chi connectivity index (χ2v) is 7.51. The smallest absolute Gasteiger partial charge is 0.227 e. The van der Waals surface area contributed by atoms with Gasteiger partial charge in [0.05, 0.1) is 7.11 Å². The molecule has 2 N–H and O–H groups in total. The number of carbonyl (C=O) groups is 1. The van der Waals surface area contributed by atoms with Gasteiger partial charge >= 0.3 is 0 Å². The first-order valence-corrected chi connectivity index (χ1v) is 9.42. The number of hydrogen-bond donors (Lipinski definition) is 2. The Bertz CT molecular complexity index is 707. The van der Waals surface area contributed by atoms with Crippen LogP contribution in [-0.4, -0.2) is 25.6 Å². The molecule has 0 bridgehead atoms. The van der Waals surface area contributed by atoms with Crippen molar-refractivity contribution in [1.29, 1.82) is 0 Å². The van der Waals surface area contributed by atoms with Crippen molar-refractivity contribution in [2.24, 2.45) is 5.92 Å². The Labute approximate surface area is 165 Å². The van der Waals surface area contributed by atoms with Gasteiger partial charge < -0.3 is 15.4 Å². The summed E-state index contributed by atoms with van der Waals surface area (Å²) >= 11 is 1.69. The first kappa shape index (κ1) is 20.6. The third kappa shape index (κ3) is 5.66. The molecule has 1 heterocycles. The topological polar surface area (TPSA) is 50.4 Å². The molecular weight excluding hydrogens is 368 g/mol. The maximum atomic E-state index is 12.4. The Morgan fingerprint density at radius 1 is 1.12 bits per heavy atom. The van der Waals surface area contributed by atoms with Crippen molar-refractivity contribution in [1.82, 2.24) is 5.32 Å². The number of piperidine rings is 1. The van der Waals surface area contributed by atoms with Crippen molar-refractivity contribution in [2.45, 2.75) is 35.6 Å². The predicted octanol–water partition coefficient (Wildman–Crippen LogP) is 4.59. The lowest BCUT2D eigenvalue weighted by Crippen LogP contribution is -2.40. The summed E-state index contributed by atoms with van der Waals surface area (Å²) in [4.78, 5) is 14.7. The van der Waals surface area contributed by atoms with Crippen LogP contribution in [0, 0.1) is 5.92 Å². The van der Waals surface area contributed by atoms with Gasteiger partial charge in [-0.05, 0) is 74.8 Å². The van der Waals surface area contributed by atoms with Gasteiger partial charge in [0, 0.05) is 27.4 Å². The van der Waals surface area contributed by atoms with Gasteiger partial charge in [-0.3, -0.25) is 4.79 Å². The molecule has 2 aromatic rings. The maximum Gasteiger partial charge on any atom is 0.227 e. The highest BCUT2D eigenvalue weighted by atomic mass is 35.5. The van der Waals surface area contributed by atoms with Crippen molar-refractivity contribution in [3.05, 3.63) is 48.5 Å². The van der Waals surface area contributed by atoms with Gasteiger partial charge in [0.15, 0.2) is 0 Å². The normalized spacial score (nSPS) is 19.3. The molecule has 2 atom stereocenters. The number of methoxy groups -OCH3 is 1. The highest BCUT2D eigenvalue weighted by molar-refractivity contribution is 7.99. The molecule has 6 heteroatoms. The van der Waals surface area contributed by atoms with Crippen molar-refractivity contribution in [2.75, 3.05) is 19.0 Å². The van der Waals surface area contributed by atoms with Crippen LogP contribution in [0.5, 0.6) is 5.75 Å². The molecule has 3 rings (SSSR count). The van der Waals surface area contributed by atoms with E-state index in [1.165, 1.54) is 0 Å². The largest absolute Gasteiger partial charge is 0.497 e. The number of ether oxygens (including phenoxy) is 1. The number of nitrogens with one attached hydrogen (secondary N) is 2. The zero-order chi connectivity index (χ0) is 17.6. The van der Waals surface area contributed by atoms with E-state index in [1.54, 1.807) is 18.9 Å². The summed E-state index contributed by atoms with van der Waals surface area (Å²) in [6.07, 6.45) is 1.80. The fraction of sp³-hybridized carbons (Fsp3) is 0.350. The molecule has 0 radical (unpaired) electrons. The number of amides is 1. The van der Waals surface area contributed by atoms with Crippen LogP contribution in [0.15, 0.2) is 58.3 Å². The molecule has 1 amide bonds. The monoisotopic (exact) mass is 392 g/mol. The van der Waals surface area contributed by atoms with Gasteiger partial charge in [-0.2, -0.15) is 0 Å². The van der Waals surface area contributed by atoms with Crippen LogP contribution in [0.25, 0.3) is 0 Å². The highest BCUT2D eigenvalue weighted by Gasteiger charge is 2.24. The molecule has 2 aromatic carbocycles. The summed E-state index contributed by atoms with van der Waals surface area (Å²) in [5.74, 6) is 1.09. The quantitative estimate of drug-likeness (QED) is 0.781. The zero-order valence-corrected chi connectivity index (χ0v) is 16.7. The fourth-order valence-electron chi connectivity index (χ4n) is 3.00. The Morgan fingerprint density at radius 3 is 2.31 bits per heavy atom. The van der Waals surface area contributed by atoms with Crippen LogP contribution >= 0.6 is 24.2 Å². The van der Waals surface area contributed by atoms with Crippen LogP contribution in [0.1, 0.15) is 19.8 Å². The van der Waals surface area contributed by atoms with Crippen LogP contribution in [0.2, 0.25) is 0 Å². The maximum absolute atomic E-state index is 12.4. The van der Waals surface area contributed by atoms with Gasteiger partial charge in [0.2, 0.25) is 5.91 Å². The van der Waals surface area contributed by atoms with Crippen LogP contribution < -0.4 is 15.4 Å². The van der Waals surface area contributed by atoms with E-state index in [2.05, 4.69) is 17.6 Å². The van der Waals surface area contributed by atoms with Crippen molar-refractivity contribution in [3.63, 3.8) is 0 Å². The Morgan fingerprint density at radius 2 is 1.73 bits per heavy atom. The first-order valence-electron chi connectivity index (χ1n) is 8.60. The van der Waals surface area contributed by atoms with Gasteiger partial charge in [-0.15, -0.1) is 12.4 Å². The van der Waals surface area contributed by atoms with E-state index < -0.39 is 0 Å². The number of halogens is 1. The molecule has 140 valence electrons. The van der Waals surface area contributed by atoms with Gasteiger partial charge in [0.1, 0.15) is 5.75 Å². The van der Waals surface area contributed by atoms with Crippen molar-refractivity contribution in [3.8, 4) is 5.75 Å². The first-order chi connectivity index (χ1) is 12.1. The molecule has 0 aliphatic carbocycles. The van der Waals surface area contributed by atoms with Crippen LogP contribution in [0.4, 0.5) is 5.69 Å². The standard InChI is InChI=1S/C20H24N2O2S.ClH/c1-14-13-15(11-12-21-14)20(23)22-16-3-7-18(8-4-16)25-19-9-5-17(24-2)6-10-19;/h3-10,14-15,21H,11-13H2,1-2H3,(H,22,23);1H/t14-,15-;/m0./s1. The third-order valence-corrected chi connectivity index (χ3v) is 5.43. The summed E-state index contributed by atoms with van der Waals surface area (Å²) in [6.45, 7) is 3.04. The second-order valence-electron chi connectivity index (χ2n) is 6.37. The van der Waals surface area contributed by atoms with E-state index >= 15 is 0 Å². The van der Waals surface area contributed by atoms with Gasteiger partial charge in [0.25, 0.3) is 0 Å². The average molecular weight is 393 g/mol. The summed E-state index contributed by atoms with van der Waals surface area (Å²) in [5.41, 5.74) is 0.857. The van der Waals surface area contributed by atoms with Crippen LogP contribution in [-0.2, 0) is 4.79 Å². The number of hydrogen-bond acceptors (Lipinski definition) is 4. The minimum absolute atomic E-state index is 0. The Balaban J connectivity index is 0.00000243. The lowest BCUT2D eigenvalue weighted by molar-refractivity contribution is -0.120. The van der Waals surface area contributed by atoms with E-state index in [-0.39, 0.29) is 24.2 Å². The molecule has 1 aliphatic rings. The lowest BCUT2D eigenvalue weighted by atomic mass is 9.92. The number of carbonyl (C=O) groups excluding carboxylic acids is 1. The Hall–Kier alpha value is -1.69. The van der Waals surface area contributed by atoms with Crippen molar-refractivity contribution < 1.29 is 9.53 Å². The molecule has 1 fully saturated rings. The molecule has 0 spiro atoms. The lowest BCUT2D eigenvalue weighted by Gasteiger charge is -2.27. The average Bonchev–Trinajstić information content (AvgIpc) is 2.64. The van der Waals surface area contributed by atoms with E-state index in [9.17, 15) is 4.79 Å². The third-order valence-electron chi connectivity index (χ3n) is 4.41. The fourth-order valence-corrected chi connectivity index (χ4v) is 3.82. The van der Waals surface area contributed by atoms with Crippen molar-refractivity contribution >= 4 is 35.8 Å². The number of anilines is 1. The number of rotatable bonds is 5. The molecular formula is C20H25ClN2O2S. The van der Waals surface area contributed by atoms with Gasteiger partial charge in [-0.25, -0.2) is 0 Å². The SMILES string of the molecule is COc1ccc(Sc2ccc(NC(=O)[C@H]3CCN[C@@H](C)C3)cc2)cc1.Cl. The molecule has 1 saturated heterocycles. The summed E-state index contributed by atoms with van der Waals surface area (Å²) in [5, 5.41) is 6.42. The number of benzene rings is 2. The molecule has 0 saturated carbocycles. The predicted molar refractivity (Wildman–Crippen MR) is 110 cm³/mol. The minimum Gasteiger partial charge on any atom is -0.497 e. The molecule has 4 nitrogen and oxygen atoms in total. The summed E-state index contributed by atoms with van der Waals surface area (Å²) in [6, 6.07) is 16.4. The molecule has 0 aromatic heterocycles. The van der Waals surface area contributed by atoms with Crippen LogP contribution in [0.3, 0.4) is 0 Å². The van der Waals surface area contributed by atoms with E-state index in [0.29, 0.717) is 6.04 Å².